The van der Waals surface area contributed by atoms with Gasteiger partial charge in [0.2, 0.25) is 0 Å². The average molecular weight is 218 g/mol. The number of ether oxygens (including phenoxy) is 2. The number of carbonyl (C=O) groups excluding carboxylic acids is 1. The van der Waals surface area contributed by atoms with Crippen LogP contribution in [0, 0.1) is 12.3 Å². The Hall–Kier alpha value is -1.95. The third-order valence-corrected chi connectivity index (χ3v) is 1.75. The standard InChI is InChI=1S/C13H14O3/c1-4-9-15-12-7-5-11(6-8-12)13(14)16-10(2)3/h1,5-8,10H,9H2,2-3H3. The van der Waals surface area contributed by atoms with E-state index in [4.69, 9.17) is 15.9 Å². The van der Waals surface area contributed by atoms with Crippen LogP contribution in [0.4, 0.5) is 0 Å². The first-order valence-electron chi connectivity index (χ1n) is 5.01. The second kappa shape index (κ2) is 5.82. The van der Waals surface area contributed by atoms with Gasteiger partial charge in [0.15, 0.2) is 0 Å². The molecule has 0 saturated carbocycles. The summed E-state index contributed by atoms with van der Waals surface area (Å²) in [5.74, 6) is 2.67. The monoisotopic (exact) mass is 218 g/mol. The first-order valence-corrected chi connectivity index (χ1v) is 5.01. The average Bonchev–Trinajstić information content (AvgIpc) is 2.26. The summed E-state index contributed by atoms with van der Waals surface area (Å²) in [6, 6.07) is 6.68. The van der Waals surface area contributed by atoms with Crippen molar-refractivity contribution in [1.29, 1.82) is 0 Å². The van der Waals surface area contributed by atoms with E-state index in [0.717, 1.165) is 0 Å². The van der Waals surface area contributed by atoms with Crippen LogP contribution in [0.1, 0.15) is 24.2 Å². The number of benzene rings is 1. The van der Waals surface area contributed by atoms with Crippen molar-refractivity contribution in [2.24, 2.45) is 0 Å². The minimum atomic E-state index is -0.335. The van der Waals surface area contributed by atoms with Gasteiger partial charge in [-0.15, -0.1) is 6.42 Å². The minimum Gasteiger partial charge on any atom is -0.481 e. The topological polar surface area (TPSA) is 35.5 Å². The van der Waals surface area contributed by atoms with Crippen LogP contribution in [0.15, 0.2) is 24.3 Å². The third kappa shape index (κ3) is 3.66. The lowest BCUT2D eigenvalue weighted by Gasteiger charge is -2.08. The zero-order valence-corrected chi connectivity index (χ0v) is 9.40. The van der Waals surface area contributed by atoms with Crippen LogP contribution < -0.4 is 4.74 Å². The molecule has 0 amide bonds. The summed E-state index contributed by atoms with van der Waals surface area (Å²) in [4.78, 5) is 11.5. The summed E-state index contributed by atoms with van der Waals surface area (Å²) in [6.07, 6.45) is 4.94. The molecule has 0 atom stereocenters. The number of carbonyl (C=O) groups is 1. The molecule has 0 aliphatic carbocycles. The van der Waals surface area contributed by atoms with Gasteiger partial charge in [0.1, 0.15) is 12.4 Å². The van der Waals surface area contributed by atoms with E-state index in [1.165, 1.54) is 0 Å². The Morgan fingerprint density at radius 1 is 1.38 bits per heavy atom. The molecule has 0 heterocycles. The van der Waals surface area contributed by atoms with Gasteiger partial charge < -0.3 is 9.47 Å². The molecule has 0 radical (unpaired) electrons. The van der Waals surface area contributed by atoms with E-state index < -0.39 is 0 Å². The summed E-state index contributed by atoms with van der Waals surface area (Å²) in [5, 5.41) is 0. The second-order valence-electron chi connectivity index (χ2n) is 3.47. The highest BCUT2D eigenvalue weighted by Gasteiger charge is 2.08. The lowest BCUT2D eigenvalue weighted by Crippen LogP contribution is -2.11. The lowest BCUT2D eigenvalue weighted by molar-refractivity contribution is 0.0378. The van der Waals surface area contributed by atoms with Crippen molar-refractivity contribution in [1.82, 2.24) is 0 Å². The van der Waals surface area contributed by atoms with Crippen molar-refractivity contribution in [3.8, 4) is 18.1 Å². The third-order valence-electron chi connectivity index (χ3n) is 1.75. The summed E-state index contributed by atoms with van der Waals surface area (Å²) in [7, 11) is 0. The normalized spacial score (nSPS) is 9.62. The zero-order chi connectivity index (χ0) is 12.0. The van der Waals surface area contributed by atoms with Gasteiger partial charge in [-0.3, -0.25) is 0 Å². The highest BCUT2D eigenvalue weighted by Crippen LogP contribution is 2.13. The Balaban J connectivity index is 2.64. The fraction of sp³-hybridized carbons (Fsp3) is 0.308. The van der Waals surface area contributed by atoms with E-state index in [2.05, 4.69) is 5.92 Å². The van der Waals surface area contributed by atoms with Crippen molar-refractivity contribution < 1.29 is 14.3 Å². The fourth-order valence-corrected chi connectivity index (χ4v) is 1.09. The molecule has 3 heteroatoms. The number of hydrogen-bond acceptors (Lipinski definition) is 3. The van der Waals surface area contributed by atoms with Crippen LogP contribution in [0.5, 0.6) is 5.75 Å². The largest absolute Gasteiger partial charge is 0.481 e. The summed E-state index contributed by atoms with van der Waals surface area (Å²) in [6.45, 7) is 3.83. The number of esters is 1. The molecule has 0 aliphatic heterocycles. The fourth-order valence-electron chi connectivity index (χ4n) is 1.09. The molecule has 0 aliphatic rings. The van der Waals surface area contributed by atoms with Crippen molar-refractivity contribution >= 4 is 5.97 Å². The van der Waals surface area contributed by atoms with Gasteiger partial charge in [-0.05, 0) is 38.1 Å². The van der Waals surface area contributed by atoms with Crippen LogP contribution >= 0.6 is 0 Å². The van der Waals surface area contributed by atoms with Crippen LogP contribution in [-0.2, 0) is 4.74 Å². The maximum Gasteiger partial charge on any atom is 0.338 e. The van der Waals surface area contributed by atoms with Crippen molar-refractivity contribution in [2.45, 2.75) is 20.0 Å². The van der Waals surface area contributed by atoms with E-state index in [-0.39, 0.29) is 18.7 Å². The Kier molecular flexibility index (Phi) is 4.41. The van der Waals surface area contributed by atoms with Gasteiger partial charge in [0.25, 0.3) is 0 Å². The van der Waals surface area contributed by atoms with Crippen LogP contribution in [0.25, 0.3) is 0 Å². The molecular weight excluding hydrogens is 204 g/mol. The lowest BCUT2D eigenvalue weighted by atomic mass is 10.2. The van der Waals surface area contributed by atoms with E-state index in [1.54, 1.807) is 24.3 Å². The Bertz CT molecular complexity index is 385. The first kappa shape index (κ1) is 12.1. The predicted octanol–water partition coefficient (Wildman–Crippen LogP) is 2.26. The SMILES string of the molecule is C#CCOc1ccc(C(=O)OC(C)C)cc1. The molecule has 16 heavy (non-hydrogen) atoms. The molecule has 1 rings (SSSR count). The summed E-state index contributed by atoms with van der Waals surface area (Å²) >= 11 is 0. The van der Waals surface area contributed by atoms with Gasteiger partial charge in [-0.25, -0.2) is 4.79 Å². The maximum atomic E-state index is 11.5. The minimum absolute atomic E-state index is 0.120. The first-order chi connectivity index (χ1) is 7.63. The molecule has 0 fully saturated rings. The Morgan fingerprint density at radius 2 is 2.00 bits per heavy atom. The molecule has 1 aromatic rings. The van der Waals surface area contributed by atoms with Crippen molar-refractivity contribution in [3.05, 3.63) is 29.8 Å². The zero-order valence-electron chi connectivity index (χ0n) is 9.40. The molecule has 0 bridgehead atoms. The molecule has 0 aromatic heterocycles. The van der Waals surface area contributed by atoms with E-state index in [9.17, 15) is 4.79 Å². The van der Waals surface area contributed by atoms with Gasteiger partial charge in [-0.2, -0.15) is 0 Å². The maximum absolute atomic E-state index is 11.5. The van der Waals surface area contributed by atoms with Crippen LogP contribution in [0.2, 0.25) is 0 Å². The molecule has 0 spiro atoms. The highest BCUT2D eigenvalue weighted by atomic mass is 16.5. The summed E-state index contributed by atoms with van der Waals surface area (Å²) < 4.78 is 10.2. The van der Waals surface area contributed by atoms with Gasteiger partial charge >= 0.3 is 5.97 Å². The van der Waals surface area contributed by atoms with Crippen LogP contribution in [0.3, 0.4) is 0 Å². The predicted molar refractivity (Wildman–Crippen MR) is 61.3 cm³/mol. The number of rotatable bonds is 4. The van der Waals surface area contributed by atoms with E-state index >= 15 is 0 Å². The van der Waals surface area contributed by atoms with Gasteiger partial charge in [0, 0.05) is 0 Å². The van der Waals surface area contributed by atoms with E-state index in [1.807, 2.05) is 13.8 Å². The number of hydrogen-bond donors (Lipinski definition) is 0. The Labute approximate surface area is 95.4 Å². The van der Waals surface area contributed by atoms with Gasteiger partial charge in [0.05, 0.1) is 11.7 Å². The van der Waals surface area contributed by atoms with Crippen molar-refractivity contribution in [2.75, 3.05) is 6.61 Å². The number of terminal acetylenes is 1. The molecule has 3 nitrogen and oxygen atoms in total. The molecule has 84 valence electrons. The molecule has 0 saturated heterocycles. The molecule has 0 N–H and O–H groups in total. The van der Waals surface area contributed by atoms with E-state index in [0.29, 0.717) is 11.3 Å². The molecule has 1 aromatic carbocycles. The van der Waals surface area contributed by atoms with Crippen molar-refractivity contribution in [3.63, 3.8) is 0 Å². The molecular formula is C13H14O3. The van der Waals surface area contributed by atoms with Gasteiger partial charge in [-0.1, -0.05) is 5.92 Å². The highest BCUT2D eigenvalue weighted by molar-refractivity contribution is 5.89. The quantitative estimate of drug-likeness (QED) is 0.574. The summed E-state index contributed by atoms with van der Waals surface area (Å²) in [5.41, 5.74) is 0.502. The Morgan fingerprint density at radius 3 is 2.50 bits per heavy atom. The smallest absolute Gasteiger partial charge is 0.338 e. The molecule has 0 unspecified atom stereocenters. The van der Waals surface area contributed by atoms with Crippen LogP contribution in [-0.4, -0.2) is 18.7 Å². The second-order valence-corrected chi connectivity index (χ2v) is 3.47.